The fraction of sp³-hybridized carbons (Fsp3) is 0.400. The third-order valence-electron chi connectivity index (χ3n) is 6.99. The molecule has 1 aromatic carbocycles. The number of nitrogens with zero attached hydrogens (tertiary/aromatic N) is 5. The maximum absolute atomic E-state index is 14.7. The highest BCUT2D eigenvalue weighted by Crippen LogP contribution is 2.32. The molecule has 8 nitrogen and oxygen atoms in total. The molecule has 2 aromatic heterocycles. The van der Waals surface area contributed by atoms with Gasteiger partial charge in [0.1, 0.15) is 22.3 Å². The number of carbonyl (C=O) groups is 2. The molecule has 5 rings (SSSR count). The number of carboxylic acid groups (broad SMARTS) is 1. The van der Waals surface area contributed by atoms with Crippen LogP contribution in [-0.4, -0.2) is 87.0 Å². The van der Waals surface area contributed by atoms with Gasteiger partial charge >= 0.3 is 5.97 Å². The van der Waals surface area contributed by atoms with E-state index in [0.717, 1.165) is 22.7 Å². The van der Waals surface area contributed by atoms with Crippen LogP contribution in [0.3, 0.4) is 0 Å². The highest BCUT2D eigenvalue weighted by atomic mass is 35.5. The van der Waals surface area contributed by atoms with Gasteiger partial charge in [-0.05, 0) is 30.2 Å². The Bertz CT molecular complexity index is 1330. The number of carbonyl (C=O) groups excluding carboxylic acids is 1. The smallest absolute Gasteiger partial charge is 0.317 e. The molecule has 0 unspecified atom stereocenters. The average molecular weight is 591 g/mol. The van der Waals surface area contributed by atoms with Gasteiger partial charge in [0.15, 0.2) is 0 Å². The molecule has 4 heterocycles. The van der Waals surface area contributed by atoms with E-state index in [2.05, 4.69) is 4.98 Å². The van der Waals surface area contributed by atoms with E-state index in [-0.39, 0.29) is 55.9 Å². The zero-order valence-corrected chi connectivity index (χ0v) is 22.8. The maximum Gasteiger partial charge on any atom is 0.317 e. The van der Waals surface area contributed by atoms with E-state index in [1.807, 2.05) is 26.5 Å². The van der Waals surface area contributed by atoms with Crippen molar-refractivity contribution in [2.45, 2.75) is 19.5 Å². The van der Waals surface area contributed by atoms with Crippen LogP contribution in [0.25, 0.3) is 11.0 Å². The number of fused-ring (bicyclic) bond motifs is 3. The topological polar surface area (TPSA) is 81.9 Å². The normalized spacial score (nSPS) is 16.0. The monoisotopic (exact) mass is 589 g/mol. The van der Waals surface area contributed by atoms with Crippen molar-refractivity contribution >= 4 is 59.3 Å². The summed E-state index contributed by atoms with van der Waals surface area (Å²) < 4.78 is 30.3. The SMILES string of the molecule is Cl.Cl.O=C(O)CN1CCN(CC(=O)N2CCc3c(n(Cc4ccc(F)c(Cl)c4F)c4ncccc34)C2)CC1. The molecular weight excluding hydrogens is 563 g/mol. The van der Waals surface area contributed by atoms with Crippen LogP contribution >= 0.6 is 36.4 Å². The minimum absolute atomic E-state index is 0. The van der Waals surface area contributed by atoms with Crippen LogP contribution in [0.2, 0.25) is 5.02 Å². The van der Waals surface area contributed by atoms with E-state index in [0.29, 0.717) is 51.3 Å². The van der Waals surface area contributed by atoms with Crippen LogP contribution in [0.4, 0.5) is 8.78 Å². The second-order valence-electron chi connectivity index (χ2n) is 9.23. The number of aliphatic carboxylic acids is 1. The van der Waals surface area contributed by atoms with Gasteiger partial charge < -0.3 is 14.6 Å². The summed E-state index contributed by atoms with van der Waals surface area (Å²) in [4.78, 5) is 34.3. The summed E-state index contributed by atoms with van der Waals surface area (Å²) >= 11 is 5.81. The summed E-state index contributed by atoms with van der Waals surface area (Å²) in [6, 6.07) is 6.36. The lowest BCUT2D eigenvalue weighted by Gasteiger charge is -2.35. The lowest BCUT2D eigenvalue weighted by molar-refractivity contribution is -0.139. The van der Waals surface area contributed by atoms with Gasteiger partial charge in [-0.15, -0.1) is 24.8 Å². The van der Waals surface area contributed by atoms with E-state index >= 15 is 0 Å². The molecule has 0 aliphatic carbocycles. The first kappa shape index (κ1) is 30.0. The van der Waals surface area contributed by atoms with E-state index in [1.54, 1.807) is 11.1 Å². The number of piperazine rings is 1. The standard InChI is InChI=1S/C25H26ClF2N5O3.2ClH/c26-23-19(27)4-3-16(24(23)28)12-33-20-13-32(7-5-17(20)18-2-1-6-29-25(18)33)21(34)14-30-8-10-31(11-9-30)15-22(35)36;;/h1-4,6H,5,7-15H2,(H,35,36);2*1H. The Labute approximate surface area is 236 Å². The van der Waals surface area contributed by atoms with Gasteiger partial charge in [0.2, 0.25) is 5.91 Å². The van der Waals surface area contributed by atoms with E-state index in [4.69, 9.17) is 16.7 Å². The van der Waals surface area contributed by atoms with E-state index < -0.39 is 22.6 Å². The summed E-state index contributed by atoms with van der Waals surface area (Å²) in [5.41, 5.74) is 2.90. The van der Waals surface area contributed by atoms with Gasteiger partial charge in [-0.3, -0.25) is 19.4 Å². The van der Waals surface area contributed by atoms with E-state index in [9.17, 15) is 18.4 Å². The molecule has 13 heteroatoms. The second kappa shape index (κ2) is 12.6. The first-order valence-corrected chi connectivity index (χ1v) is 12.2. The van der Waals surface area contributed by atoms with Crippen LogP contribution < -0.4 is 0 Å². The molecule has 206 valence electrons. The minimum atomic E-state index is -0.851. The number of rotatable bonds is 6. The fourth-order valence-electron chi connectivity index (χ4n) is 5.09. The Morgan fingerprint density at radius 3 is 2.37 bits per heavy atom. The van der Waals surface area contributed by atoms with Crippen molar-refractivity contribution < 1.29 is 23.5 Å². The highest BCUT2D eigenvalue weighted by Gasteiger charge is 2.29. The molecule has 2 aliphatic rings. The van der Waals surface area contributed by atoms with Crippen molar-refractivity contribution in [3.8, 4) is 0 Å². The van der Waals surface area contributed by atoms with Crippen LogP contribution in [-0.2, 0) is 29.1 Å². The highest BCUT2D eigenvalue weighted by molar-refractivity contribution is 6.30. The minimum Gasteiger partial charge on any atom is -0.480 e. The zero-order valence-electron chi connectivity index (χ0n) is 20.4. The van der Waals surface area contributed by atoms with Gasteiger partial charge in [-0.25, -0.2) is 13.8 Å². The fourth-order valence-corrected chi connectivity index (χ4v) is 5.27. The molecule has 38 heavy (non-hydrogen) atoms. The number of carboxylic acids is 1. The lowest BCUT2D eigenvalue weighted by atomic mass is 10.0. The van der Waals surface area contributed by atoms with Crippen molar-refractivity contribution in [3.05, 3.63) is 63.9 Å². The van der Waals surface area contributed by atoms with Crippen molar-refractivity contribution in [2.75, 3.05) is 45.8 Å². The molecule has 1 N–H and O–H groups in total. The molecule has 2 aliphatic heterocycles. The Balaban J connectivity index is 0.00000200. The number of pyridine rings is 1. The molecule has 1 fully saturated rings. The molecule has 0 radical (unpaired) electrons. The maximum atomic E-state index is 14.7. The van der Waals surface area contributed by atoms with Crippen LogP contribution in [0.5, 0.6) is 0 Å². The van der Waals surface area contributed by atoms with Gasteiger partial charge in [0.25, 0.3) is 0 Å². The number of benzene rings is 1. The number of aromatic nitrogens is 2. The Hall–Kier alpha value is -2.50. The molecule has 0 bridgehead atoms. The van der Waals surface area contributed by atoms with Crippen molar-refractivity contribution in [2.24, 2.45) is 0 Å². The number of halogens is 5. The predicted molar refractivity (Wildman–Crippen MR) is 144 cm³/mol. The largest absolute Gasteiger partial charge is 0.480 e. The number of amides is 1. The Morgan fingerprint density at radius 1 is 1.00 bits per heavy atom. The first-order chi connectivity index (χ1) is 17.3. The second-order valence-corrected chi connectivity index (χ2v) is 9.61. The summed E-state index contributed by atoms with van der Waals surface area (Å²) in [6.45, 7) is 3.79. The summed E-state index contributed by atoms with van der Waals surface area (Å²) in [5.74, 6) is -2.46. The summed E-state index contributed by atoms with van der Waals surface area (Å²) in [7, 11) is 0. The predicted octanol–water partition coefficient (Wildman–Crippen LogP) is 3.45. The van der Waals surface area contributed by atoms with Crippen LogP contribution in [0, 0.1) is 11.6 Å². The van der Waals surface area contributed by atoms with Crippen molar-refractivity contribution in [1.82, 2.24) is 24.3 Å². The lowest BCUT2D eigenvalue weighted by Crippen LogP contribution is -2.51. The summed E-state index contributed by atoms with van der Waals surface area (Å²) in [5, 5.41) is 9.39. The molecule has 0 spiro atoms. The van der Waals surface area contributed by atoms with Gasteiger partial charge in [0, 0.05) is 55.6 Å². The molecule has 0 saturated carbocycles. The van der Waals surface area contributed by atoms with Crippen LogP contribution in [0.1, 0.15) is 16.8 Å². The molecule has 1 amide bonds. The van der Waals surface area contributed by atoms with Crippen LogP contribution in [0.15, 0.2) is 30.5 Å². The Morgan fingerprint density at radius 2 is 1.68 bits per heavy atom. The van der Waals surface area contributed by atoms with Crippen molar-refractivity contribution in [1.29, 1.82) is 0 Å². The third kappa shape index (κ3) is 6.05. The van der Waals surface area contributed by atoms with E-state index in [1.165, 1.54) is 6.07 Å². The zero-order chi connectivity index (χ0) is 25.4. The quantitative estimate of drug-likeness (QED) is 0.443. The molecule has 3 aromatic rings. The van der Waals surface area contributed by atoms with Gasteiger partial charge in [0.05, 0.1) is 26.2 Å². The van der Waals surface area contributed by atoms with Gasteiger partial charge in [-0.1, -0.05) is 17.7 Å². The number of hydrogen-bond acceptors (Lipinski definition) is 5. The Kier molecular flexibility index (Phi) is 9.94. The molecular formula is C25H28Cl3F2N5O3. The first-order valence-electron chi connectivity index (χ1n) is 11.8. The average Bonchev–Trinajstić information content (AvgIpc) is 3.18. The molecule has 0 atom stereocenters. The molecule has 1 saturated heterocycles. The number of hydrogen-bond donors (Lipinski definition) is 1. The van der Waals surface area contributed by atoms with Gasteiger partial charge in [-0.2, -0.15) is 0 Å². The van der Waals surface area contributed by atoms with Crippen molar-refractivity contribution in [3.63, 3.8) is 0 Å². The third-order valence-corrected chi connectivity index (χ3v) is 7.34. The summed E-state index contributed by atoms with van der Waals surface area (Å²) in [6.07, 6.45) is 2.32.